The molecule has 1 aromatic heterocycles. The Kier molecular flexibility index (Phi) is 6.62. The molecule has 1 atom stereocenters. The smallest absolute Gasteiger partial charge is 0.240 e. The van der Waals surface area contributed by atoms with E-state index in [1.54, 1.807) is 48.1 Å². The summed E-state index contributed by atoms with van der Waals surface area (Å²) < 4.78 is 32.9. The fraction of sp³-hybridized carbons (Fsp3) is 0.286. The molecule has 0 aliphatic carbocycles. The summed E-state index contributed by atoms with van der Waals surface area (Å²) in [5.74, 6) is -0.355. The zero-order valence-electron chi connectivity index (χ0n) is 16.3. The summed E-state index contributed by atoms with van der Waals surface area (Å²) in [5.41, 5.74) is 1.34. The summed E-state index contributed by atoms with van der Waals surface area (Å²) >= 11 is 5.89. The fourth-order valence-corrected chi connectivity index (χ4v) is 4.94. The van der Waals surface area contributed by atoms with Crippen LogP contribution in [0.2, 0.25) is 5.02 Å². The average Bonchev–Trinajstić information content (AvgIpc) is 3.03. The lowest BCUT2D eigenvalue weighted by Gasteiger charge is -2.13. The van der Waals surface area contributed by atoms with Gasteiger partial charge in [0, 0.05) is 35.3 Å². The van der Waals surface area contributed by atoms with Crippen LogP contribution >= 0.6 is 11.6 Å². The monoisotopic (exact) mass is 434 g/mol. The van der Waals surface area contributed by atoms with Crippen molar-refractivity contribution in [3.05, 3.63) is 65.3 Å². The fourth-order valence-electron chi connectivity index (χ4n) is 3.24. The highest BCUT2D eigenvalue weighted by molar-refractivity contribution is 7.90. The van der Waals surface area contributed by atoms with E-state index in [0.29, 0.717) is 28.1 Å². The molecule has 0 saturated heterocycles. The van der Waals surface area contributed by atoms with E-state index in [2.05, 4.69) is 5.32 Å². The molecular weight excluding hydrogens is 412 g/mol. The van der Waals surface area contributed by atoms with Crippen LogP contribution in [0.5, 0.6) is 0 Å². The summed E-state index contributed by atoms with van der Waals surface area (Å²) in [6.45, 7) is 2.26. The first-order valence-corrected chi connectivity index (χ1v) is 11.2. The molecule has 3 aromatic rings. The predicted molar refractivity (Wildman–Crippen MR) is 114 cm³/mol. The van der Waals surface area contributed by atoms with Crippen LogP contribution in [0, 0.1) is 0 Å². The number of fused-ring (bicyclic) bond motifs is 1. The van der Waals surface area contributed by atoms with Crippen molar-refractivity contribution in [2.24, 2.45) is 0 Å². The number of sulfone groups is 1. The lowest BCUT2D eigenvalue weighted by molar-refractivity contribution is -0.122. The van der Waals surface area contributed by atoms with E-state index in [9.17, 15) is 13.2 Å². The maximum absolute atomic E-state index is 13.1. The molecule has 154 valence electrons. The van der Waals surface area contributed by atoms with Crippen molar-refractivity contribution in [2.45, 2.75) is 30.2 Å². The van der Waals surface area contributed by atoms with Crippen molar-refractivity contribution in [2.75, 3.05) is 13.7 Å². The lowest BCUT2D eigenvalue weighted by Crippen LogP contribution is -2.37. The Balaban J connectivity index is 1.91. The van der Waals surface area contributed by atoms with Crippen LogP contribution in [-0.4, -0.2) is 38.7 Å². The van der Waals surface area contributed by atoms with E-state index in [1.165, 1.54) is 6.20 Å². The molecule has 0 aliphatic rings. The Morgan fingerprint density at radius 1 is 1.17 bits per heavy atom. The third kappa shape index (κ3) is 5.18. The molecular formula is C21H23ClN2O4S. The summed E-state index contributed by atoms with van der Waals surface area (Å²) in [6.07, 6.45) is 1.54. The molecule has 0 fully saturated rings. The first kappa shape index (κ1) is 21.4. The summed E-state index contributed by atoms with van der Waals surface area (Å²) in [7, 11) is -2.05. The summed E-state index contributed by atoms with van der Waals surface area (Å²) in [6, 6.07) is 13.8. The first-order valence-electron chi connectivity index (χ1n) is 9.13. The Labute approximate surface area is 175 Å². The second-order valence-corrected chi connectivity index (χ2v) is 9.34. The van der Waals surface area contributed by atoms with E-state index >= 15 is 0 Å². The van der Waals surface area contributed by atoms with Crippen molar-refractivity contribution < 1.29 is 17.9 Å². The van der Waals surface area contributed by atoms with Gasteiger partial charge in [-0.25, -0.2) is 8.42 Å². The number of hydrogen-bond donors (Lipinski definition) is 1. The maximum Gasteiger partial charge on any atom is 0.240 e. The van der Waals surface area contributed by atoms with Gasteiger partial charge in [0.2, 0.25) is 5.91 Å². The van der Waals surface area contributed by atoms with Crippen LogP contribution in [0.1, 0.15) is 12.5 Å². The van der Waals surface area contributed by atoms with Crippen molar-refractivity contribution in [3.63, 3.8) is 0 Å². The number of amides is 1. The van der Waals surface area contributed by atoms with Gasteiger partial charge in [0.25, 0.3) is 0 Å². The third-order valence-electron chi connectivity index (χ3n) is 4.50. The van der Waals surface area contributed by atoms with Gasteiger partial charge in [-0.1, -0.05) is 41.9 Å². The van der Waals surface area contributed by atoms with Crippen LogP contribution in [0.25, 0.3) is 10.9 Å². The van der Waals surface area contributed by atoms with Crippen molar-refractivity contribution in [3.8, 4) is 0 Å². The topological polar surface area (TPSA) is 77.4 Å². The molecule has 6 nitrogen and oxygen atoms in total. The van der Waals surface area contributed by atoms with Gasteiger partial charge in [0.1, 0.15) is 6.54 Å². The minimum atomic E-state index is -3.62. The molecule has 1 heterocycles. The first-order chi connectivity index (χ1) is 13.8. The second-order valence-electron chi connectivity index (χ2n) is 6.95. The van der Waals surface area contributed by atoms with Crippen LogP contribution in [0.3, 0.4) is 0 Å². The standard InChI is InChI=1S/C21H23ClN2O4S/c1-15(13-28-2)23-21(25)12-24-11-20(18-5-3-4-6-19(18)24)29(26,27)14-16-7-9-17(22)10-8-16/h3-11,15H,12-14H2,1-2H3,(H,23,25). The van der Waals surface area contributed by atoms with Gasteiger partial charge in [-0.05, 0) is 30.7 Å². The third-order valence-corrected chi connectivity index (χ3v) is 6.46. The number of hydrogen-bond acceptors (Lipinski definition) is 4. The molecule has 0 bridgehead atoms. The van der Waals surface area contributed by atoms with Crippen LogP contribution in [-0.2, 0) is 31.7 Å². The number of nitrogens with zero attached hydrogens (tertiary/aromatic N) is 1. The van der Waals surface area contributed by atoms with Gasteiger partial charge < -0.3 is 14.6 Å². The molecule has 29 heavy (non-hydrogen) atoms. The summed E-state index contributed by atoms with van der Waals surface area (Å²) in [5, 5.41) is 3.99. The maximum atomic E-state index is 13.1. The number of rotatable bonds is 8. The van der Waals surface area contributed by atoms with E-state index in [1.807, 2.05) is 19.1 Å². The van der Waals surface area contributed by atoms with E-state index in [-0.39, 0.29) is 29.1 Å². The molecule has 1 amide bonds. The predicted octanol–water partition coefficient (Wildman–Crippen LogP) is 3.42. The van der Waals surface area contributed by atoms with Gasteiger partial charge >= 0.3 is 0 Å². The highest BCUT2D eigenvalue weighted by Crippen LogP contribution is 2.28. The number of benzene rings is 2. The number of halogens is 1. The summed E-state index contributed by atoms with van der Waals surface area (Å²) in [4.78, 5) is 12.6. The molecule has 0 saturated carbocycles. The quantitative estimate of drug-likeness (QED) is 0.589. The van der Waals surface area contributed by atoms with Gasteiger partial charge in [-0.2, -0.15) is 0 Å². The lowest BCUT2D eigenvalue weighted by atomic mass is 10.2. The van der Waals surface area contributed by atoms with Crippen LogP contribution < -0.4 is 5.32 Å². The van der Waals surface area contributed by atoms with E-state index in [4.69, 9.17) is 16.3 Å². The zero-order valence-corrected chi connectivity index (χ0v) is 17.8. The van der Waals surface area contributed by atoms with E-state index < -0.39 is 9.84 Å². The number of ether oxygens (including phenoxy) is 1. The van der Waals surface area contributed by atoms with Crippen LogP contribution in [0.15, 0.2) is 59.6 Å². The Hall–Kier alpha value is -2.35. The van der Waals surface area contributed by atoms with Gasteiger partial charge in [0.05, 0.1) is 17.3 Å². The second kappa shape index (κ2) is 8.98. The number of para-hydroxylation sites is 1. The Bertz CT molecular complexity index is 1110. The van der Waals surface area contributed by atoms with E-state index in [0.717, 1.165) is 0 Å². The number of carbonyl (C=O) groups is 1. The highest BCUT2D eigenvalue weighted by Gasteiger charge is 2.22. The largest absolute Gasteiger partial charge is 0.383 e. The van der Waals surface area contributed by atoms with Crippen molar-refractivity contribution in [1.29, 1.82) is 0 Å². The number of carbonyl (C=O) groups excluding carboxylic acids is 1. The molecule has 0 spiro atoms. The minimum Gasteiger partial charge on any atom is -0.383 e. The highest BCUT2D eigenvalue weighted by atomic mass is 35.5. The van der Waals surface area contributed by atoms with Crippen molar-refractivity contribution in [1.82, 2.24) is 9.88 Å². The molecule has 0 aliphatic heterocycles. The minimum absolute atomic E-state index is 0.0189. The zero-order chi connectivity index (χ0) is 21.0. The number of nitrogens with one attached hydrogen (secondary N) is 1. The molecule has 1 unspecified atom stereocenters. The molecule has 1 N–H and O–H groups in total. The van der Waals surface area contributed by atoms with Gasteiger partial charge in [-0.3, -0.25) is 4.79 Å². The number of aromatic nitrogens is 1. The molecule has 0 radical (unpaired) electrons. The Morgan fingerprint density at radius 3 is 2.55 bits per heavy atom. The molecule has 2 aromatic carbocycles. The normalized spacial score (nSPS) is 12.8. The molecule has 8 heteroatoms. The SMILES string of the molecule is COCC(C)NC(=O)Cn1cc(S(=O)(=O)Cc2ccc(Cl)cc2)c2ccccc21. The van der Waals surface area contributed by atoms with Crippen LogP contribution in [0.4, 0.5) is 0 Å². The van der Waals surface area contributed by atoms with Crippen molar-refractivity contribution >= 4 is 38.2 Å². The van der Waals surface area contributed by atoms with Gasteiger partial charge in [0.15, 0.2) is 9.84 Å². The Morgan fingerprint density at radius 2 is 1.86 bits per heavy atom. The van der Waals surface area contributed by atoms with Gasteiger partial charge in [-0.15, -0.1) is 0 Å². The molecule has 3 rings (SSSR count). The number of methoxy groups -OCH3 is 1. The average molecular weight is 435 g/mol.